The maximum Gasteiger partial charge on any atom is 0.264 e. The number of nitrogens with one attached hydrogen (secondary N) is 1. The Morgan fingerprint density at radius 3 is 2.65 bits per heavy atom. The summed E-state index contributed by atoms with van der Waals surface area (Å²) in [7, 11) is 2.99. The van der Waals surface area contributed by atoms with E-state index >= 15 is 0 Å². The summed E-state index contributed by atoms with van der Waals surface area (Å²) in [4.78, 5) is 17.1. The van der Waals surface area contributed by atoms with Crippen LogP contribution in [-0.4, -0.2) is 30.4 Å². The number of para-hydroxylation sites is 2. The van der Waals surface area contributed by atoms with Gasteiger partial charge in [-0.25, -0.2) is 4.99 Å². The Kier molecular flexibility index (Phi) is 5.39. The van der Waals surface area contributed by atoms with Crippen LogP contribution in [0.3, 0.4) is 0 Å². The first-order valence-electron chi connectivity index (χ1n) is 7.51. The fraction of sp³-hybridized carbons (Fsp3) is 0.111. The molecule has 1 saturated heterocycles. The first kappa shape index (κ1) is 18.2. The Hall–Kier alpha value is -2.64. The number of hydrogen-bond donors (Lipinski definition) is 2. The van der Waals surface area contributed by atoms with Gasteiger partial charge in [0.15, 0.2) is 16.7 Å². The molecule has 1 amide bonds. The number of amides is 1. The molecule has 0 spiro atoms. The zero-order chi connectivity index (χ0) is 18.7. The highest BCUT2D eigenvalue weighted by molar-refractivity contribution is 8.18. The number of halogens is 1. The Balaban J connectivity index is 1.90. The number of ether oxygens (including phenoxy) is 2. The van der Waals surface area contributed by atoms with Crippen LogP contribution in [0.25, 0.3) is 6.08 Å². The number of aromatic hydroxyl groups is 1. The molecule has 2 aromatic rings. The molecule has 0 aliphatic carbocycles. The minimum absolute atomic E-state index is 0.140. The van der Waals surface area contributed by atoms with Gasteiger partial charge in [-0.05, 0) is 47.7 Å². The average Bonchev–Trinajstić information content (AvgIpc) is 2.97. The smallest absolute Gasteiger partial charge is 0.264 e. The third-order valence-electron chi connectivity index (χ3n) is 3.53. The van der Waals surface area contributed by atoms with Gasteiger partial charge < -0.3 is 19.9 Å². The van der Waals surface area contributed by atoms with Gasteiger partial charge in [-0.3, -0.25) is 4.79 Å². The second-order valence-electron chi connectivity index (χ2n) is 5.21. The van der Waals surface area contributed by atoms with Crippen LogP contribution >= 0.6 is 23.4 Å². The zero-order valence-electron chi connectivity index (χ0n) is 13.9. The van der Waals surface area contributed by atoms with Crippen molar-refractivity contribution in [3.63, 3.8) is 0 Å². The monoisotopic (exact) mass is 390 g/mol. The normalized spacial score (nSPS) is 16.8. The molecule has 2 aromatic carbocycles. The molecule has 1 aliphatic heterocycles. The number of hydrogen-bond acceptors (Lipinski definition) is 6. The highest BCUT2D eigenvalue weighted by Gasteiger charge is 2.24. The molecule has 2 N–H and O–H groups in total. The number of aliphatic imine (C=N–C) groups is 1. The van der Waals surface area contributed by atoms with Crippen molar-refractivity contribution in [2.45, 2.75) is 0 Å². The van der Waals surface area contributed by atoms with Crippen LogP contribution in [0.4, 0.5) is 5.69 Å². The molecule has 26 heavy (non-hydrogen) atoms. The molecular formula is C18H15ClN2O4S. The van der Waals surface area contributed by atoms with Crippen molar-refractivity contribution in [3.05, 3.63) is 51.9 Å². The van der Waals surface area contributed by atoms with Crippen molar-refractivity contribution in [1.82, 2.24) is 5.32 Å². The van der Waals surface area contributed by atoms with Crippen LogP contribution in [0.2, 0.25) is 5.02 Å². The van der Waals surface area contributed by atoms with Crippen molar-refractivity contribution in [2.24, 2.45) is 4.99 Å². The van der Waals surface area contributed by atoms with Crippen LogP contribution in [0, 0.1) is 0 Å². The van der Waals surface area contributed by atoms with Gasteiger partial charge in [0.2, 0.25) is 0 Å². The summed E-state index contributed by atoms with van der Waals surface area (Å²) in [5, 5.41) is 13.1. The Morgan fingerprint density at radius 2 is 1.92 bits per heavy atom. The summed E-state index contributed by atoms with van der Waals surface area (Å²) in [5.74, 6) is 0.433. The van der Waals surface area contributed by atoms with Crippen molar-refractivity contribution in [3.8, 4) is 17.2 Å². The lowest BCUT2D eigenvalue weighted by Crippen LogP contribution is -2.19. The summed E-state index contributed by atoms with van der Waals surface area (Å²) < 4.78 is 10.3. The maximum absolute atomic E-state index is 12.2. The van der Waals surface area contributed by atoms with E-state index in [0.29, 0.717) is 27.1 Å². The van der Waals surface area contributed by atoms with Gasteiger partial charge in [0.1, 0.15) is 11.4 Å². The lowest BCUT2D eigenvalue weighted by Gasteiger charge is -2.06. The molecule has 1 heterocycles. The largest absolute Gasteiger partial charge is 0.503 e. The predicted octanol–water partition coefficient (Wildman–Crippen LogP) is 3.95. The molecule has 0 aromatic heterocycles. The summed E-state index contributed by atoms with van der Waals surface area (Å²) in [5.41, 5.74) is 1.24. The fourth-order valence-electron chi connectivity index (χ4n) is 2.30. The van der Waals surface area contributed by atoms with Crippen molar-refractivity contribution in [2.75, 3.05) is 14.2 Å². The molecule has 1 aliphatic rings. The van der Waals surface area contributed by atoms with Gasteiger partial charge >= 0.3 is 0 Å². The fourth-order valence-corrected chi connectivity index (χ4v) is 3.35. The average molecular weight is 391 g/mol. The minimum atomic E-state index is -0.271. The van der Waals surface area contributed by atoms with Crippen molar-refractivity contribution < 1.29 is 19.4 Å². The van der Waals surface area contributed by atoms with Crippen LogP contribution in [0.15, 0.2) is 46.3 Å². The third-order valence-corrected chi connectivity index (χ3v) is 4.72. The lowest BCUT2D eigenvalue weighted by atomic mass is 10.2. The number of phenolic OH excluding ortho intramolecular Hbond substituents is 1. The molecule has 0 radical (unpaired) electrons. The molecule has 0 unspecified atom stereocenters. The second kappa shape index (κ2) is 7.72. The van der Waals surface area contributed by atoms with E-state index in [-0.39, 0.29) is 22.4 Å². The van der Waals surface area contributed by atoms with Crippen LogP contribution < -0.4 is 14.8 Å². The number of carbonyl (C=O) groups is 1. The van der Waals surface area contributed by atoms with E-state index in [1.807, 2.05) is 12.1 Å². The number of rotatable bonds is 4. The lowest BCUT2D eigenvalue weighted by molar-refractivity contribution is -0.115. The van der Waals surface area contributed by atoms with Crippen LogP contribution in [0.5, 0.6) is 17.2 Å². The molecule has 1 fully saturated rings. The van der Waals surface area contributed by atoms with E-state index in [0.717, 1.165) is 0 Å². The maximum atomic E-state index is 12.2. The highest BCUT2D eigenvalue weighted by Crippen LogP contribution is 2.37. The van der Waals surface area contributed by atoms with Crippen molar-refractivity contribution >= 4 is 46.2 Å². The van der Waals surface area contributed by atoms with E-state index < -0.39 is 0 Å². The number of benzene rings is 2. The van der Waals surface area contributed by atoms with Gasteiger partial charge in [0, 0.05) is 0 Å². The number of carbonyl (C=O) groups excluding carboxylic acids is 1. The molecule has 3 rings (SSSR count). The number of methoxy groups -OCH3 is 2. The summed E-state index contributed by atoms with van der Waals surface area (Å²) >= 11 is 7.18. The topological polar surface area (TPSA) is 80.2 Å². The highest BCUT2D eigenvalue weighted by atomic mass is 35.5. The van der Waals surface area contributed by atoms with E-state index in [2.05, 4.69) is 10.3 Å². The van der Waals surface area contributed by atoms with Gasteiger partial charge in [-0.2, -0.15) is 0 Å². The third kappa shape index (κ3) is 3.79. The minimum Gasteiger partial charge on any atom is -0.503 e. The molecule has 0 atom stereocenters. The number of thioether (sulfide) groups is 1. The first-order valence-corrected chi connectivity index (χ1v) is 8.70. The quantitative estimate of drug-likeness (QED) is 0.772. The predicted molar refractivity (Wildman–Crippen MR) is 103 cm³/mol. The zero-order valence-corrected chi connectivity index (χ0v) is 15.5. The Labute approximate surface area is 159 Å². The molecule has 6 nitrogen and oxygen atoms in total. The summed E-state index contributed by atoms with van der Waals surface area (Å²) in [6.45, 7) is 0. The summed E-state index contributed by atoms with van der Waals surface area (Å²) in [6.07, 6.45) is 1.65. The van der Waals surface area contributed by atoms with Crippen molar-refractivity contribution in [1.29, 1.82) is 0 Å². The standard InChI is InChI=1S/C18H15ClN2O4S/c1-24-13-6-4-3-5-12(13)20-18-21-17(23)15(26-18)9-10-7-11(19)16(22)14(8-10)25-2/h3-9,22H,1-2H3,(H,20,21,23)/b15-9+. The van der Waals surface area contributed by atoms with Gasteiger partial charge in [-0.1, -0.05) is 23.7 Å². The molecule has 8 heteroatoms. The van der Waals surface area contributed by atoms with E-state index in [1.54, 1.807) is 37.5 Å². The van der Waals surface area contributed by atoms with Gasteiger partial charge in [0.05, 0.1) is 24.1 Å². The molecule has 0 saturated carbocycles. The Bertz CT molecular complexity index is 927. The van der Waals surface area contributed by atoms with E-state index in [1.165, 1.54) is 18.9 Å². The first-order chi connectivity index (χ1) is 12.5. The van der Waals surface area contributed by atoms with Gasteiger partial charge in [0.25, 0.3) is 5.91 Å². The molecule has 134 valence electrons. The van der Waals surface area contributed by atoms with E-state index in [4.69, 9.17) is 21.1 Å². The van der Waals surface area contributed by atoms with E-state index in [9.17, 15) is 9.90 Å². The van der Waals surface area contributed by atoms with Gasteiger partial charge in [-0.15, -0.1) is 0 Å². The molecule has 0 bridgehead atoms. The Morgan fingerprint density at radius 1 is 1.19 bits per heavy atom. The second-order valence-corrected chi connectivity index (χ2v) is 6.65. The SMILES string of the molecule is COc1ccccc1N=C1NC(=O)/C(=C\c2cc(Cl)c(O)c(OC)c2)S1. The van der Waals surface area contributed by atoms with Crippen LogP contribution in [0.1, 0.15) is 5.56 Å². The van der Waals surface area contributed by atoms with Crippen LogP contribution in [-0.2, 0) is 4.79 Å². The summed E-state index contributed by atoms with van der Waals surface area (Å²) in [6, 6.07) is 10.4. The number of phenols is 1. The molecular weight excluding hydrogens is 376 g/mol. The number of nitrogens with zero attached hydrogens (tertiary/aromatic N) is 1. The number of amidine groups is 1.